The third-order valence-corrected chi connectivity index (χ3v) is 4.11. The number of hydrogen-bond acceptors (Lipinski definition) is 2. The number of carbonyl (C=O) groups excluding carboxylic acids is 1. The Labute approximate surface area is 168 Å². The molecule has 2 aromatic carbocycles. The van der Waals surface area contributed by atoms with Gasteiger partial charge in [-0.2, -0.15) is 13.2 Å². The van der Waals surface area contributed by atoms with Crippen molar-refractivity contribution in [2.45, 2.75) is 39.0 Å². The number of aliphatic imine (C=N–C) groups is 1. The van der Waals surface area contributed by atoms with E-state index in [0.29, 0.717) is 31.0 Å². The third-order valence-electron chi connectivity index (χ3n) is 4.11. The van der Waals surface area contributed by atoms with Gasteiger partial charge in [0.2, 0.25) is 5.91 Å². The summed E-state index contributed by atoms with van der Waals surface area (Å²) in [5, 5.41) is 9.06. The Morgan fingerprint density at radius 3 is 2.24 bits per heavy atom. The predicted octanol–water partition coefficient (Wildman–Crippen LogP) is 4.31. The predicted molar refractivity (Wildman–Crippen MR) is 108 cm³/mol. The molecule has 0 aliphatic heterocycles. The number of nitrogens with zero attached hydrogens (tertiary/aromatic N) is 1. The van der Waals surface area contributed by atoms with Crippen LogP contribution in [0.15, 0.2) is 53.5 Å². The smallest absolute Gasteiger partial charge is 0.352 e. The van der Waals surface area contributed by atoms with Crippen LogP contribution in [0.2, 0.25) is 0 Å². The topological polar surface area (TPSA) is 65.5 Å². The average Bonchev–Trinajstić information content (AvgIpc) is 2.68. The highest BCUT2D eigenvalue weighted by Gasteiger charge is 2.29. The molecule has 2 aromatic rings. The Kier molecular flexibility index (Phi) is 8.06. The van der Waals surface area contributed by atoms with Gasteiger partial charge in [-0.05, 0) is 41.8 Å². The molecule has 156 valence electrons. The van der Waals surface area contributed by atoms with Gasteiger partial charge in [-0.25, -0.2) is 0 Å². The molecule has 0 bridgehead atoms. The summed E-state index contributed by atoms with van der Waals surface area (Å²) in [4.78, 5) is 15.8. The molecule has 3 N–H and O–H groups in total. The van der Waals surface area contributed by atoms with Gasteiger partial charge in [0, 0.05) is 32.2 Å². The number of nitrogens with one attached hydrogen (secondary N) is 3. The molecule has 0 aliphatic rings. The van der Waals surface area contributed by atoms with Crippen LogP contribution in [0.5, 0.6) is 0 Å². The van der Waals surface area contributed by atoms with Crippen molar-refractivity contribution in [3.05, 3.63) is 65.2 Å². The molecule has 0 aromatic heterocycles. The summed E-state index contributed by atoms with van der Waals surface area (Å²) in [5.74, 6) is 0.497. The van der Waals surface area contributed by atoms with E-state index in [2.05, 4.69) is 20.9 Å². The van der Waals surface area contributed by atoms with E-state index >= 15 is 0 Å². The highest BCUT2D eigenvalue weighted by atomic mass is 19.4. The van der Waals surface area contributed by atoms with E-state index in [1.165, 1.54) is 12.1 Å². The quantitative estimate of drug-likeness (QED) is 0.474. The maximum Gasteiger partial charge on any atom is 0.416 e. The molecule has 0 fully saturated rings. The lowest BCUT2D eigenvalue weighted by Crippen LogP contribution is -2.36. The molecular formula is C21H25F3N4O. The van der Waals surface area contributed by atoms with Crippen LogP contribution < -0.4 is 16.0 Å². The van der Waals surface area contributed by atoms with Crippen LogP contribution in [0.4, 0.5) is 18.9 Å². The van der Waals surface area contributed by atoms with Crippen LogP contribution in [0.25, 0.3) is 0 Å². The number of hydrogen-bond donors (Lipinski definition) is 3. The van der Waals surface area contributed by atoms with Crippen molar-refractivity contribution in [1.29, 1.82) is 0 Å². The fraction of sp³-hybridized carbons (Fsp3) is 0.333. The van der Waals surface area contributed by atoms with E-state index in [1.807, 2.05) is 31.2 Å². The van der Waals surface area contributed by atoms with E-state index in [-0.39, 0.29) is 5.91 Å². The Balaban J connectivity index is 1.87. The van der Waals surface area contributed by atoms with Crippen molar-refractivity contribution in [2.75, 3.05) is 12.4 Å². The van der Waals surface area contributed by atoms with Gasteiger partial charge >= 0.3 is 6.18 Å². The first-order chi connectivity index (χ1) is 13.8. The second-order valence-corrected chi connectivity index (χ2v) is 6.47. The maximum absolute atomic E-state index is 12.6. The molecule has 1 amide bonds. The lowest BCUT2D eigenvalue weighted by Gasteiger charge is -2.13. The number of halogens is 3. The lowest BCUT2D eigenvalue weighted by molar-refractivity contribution is -0.137. The van der Waals surface area contributed by atoms with Crippen LogP contribution in [0.1, 0.15) is 36.5 Å². The monoisotopic (exact) mass is 406 g/mol. The standard InChI is InChI=1S/C21H25F3N4O/c1-3-5-19(29)28-18-7-4-6-16(12-18)14-27-20(25-2)26-13-15-8-10-17(11-9-15)21(22,23)24/h4,6-12H,3,5,13-14H2,1-2H3,(H,28,29)(H2,25,26,27). The molecule has 0 heterocycles. The van der Waals surface area contributed by atoms with Crippen molar-refractivity contribution in [3.63, 3.8) is 0 Å². The summed E-state index contributed by atoms with van der Waals surface area (Å²) in [6.45, 7) is 2.76. The van der Waals surface area contributed by atoms with Gasteiger partial charge in [0.25, 0.3) is 0 Å². The van der Waals surface area contributed by atoms with Gasteiger partial charge in [0.15, 0.2) is 5.96 Å². The zero-order chi connectivity index (χ0) is 21.3. The van der Waals surface area contributed by atoms with Crippen LogP contribution in [0, 0.1) is 0 Å². The average molecular weight is 406 g/mol. The van der Waals surface area contributed by atoms with Crippen molar-refractivity contribution in [1.82, 2.24) is 10.6 Å². The number of guanidine groups is 1. The Bertz CT molecular complexity index is 833. The summed E-state index contributed by atoms with van der Waals surface area (Å²) >= 11 is 0. The first-order valence-corrected chi connectivity index (χ1v) is 9.31. The normalized spacial score (nSPS) is 11.8. The van der Waals surface area contributed by atoms with Crippen LogP contribution in [-0.4, -0.2) is 18.9 Å². The van der Waals surface area contributed by atoms with Crippen molar-refractivity contribution in [2.24, 2.45) is 4.99 Å². The zero-order valence-corrected chi connectivity index (χ0v) is 16.4. The van der Waals surface area contributed by atoms with Crippen molar-refractivity contribution >= 4 is 17.6 Å². The van der Waals surface area contributed by atoms with E-state index in [1.54, 1.807) is 7.05 Å². The molecule has 2 rings (SSSR count). The van der Waals surface area contributed by atoms with Gasteiger partial charge in [-0.15, -0.1) is 0 Å². The van der Waals surface area contributed by atoms with Crippen LogP contribution in [0.3, 0.4) is 0 Å². The fourth-order valence-corrected chi connectivity index (χ4v) is 2.61. The number of carbonyl (C=O) groups is 1. The lowest BCUT2D eigenvalue weighted by atomic mass is 10.1. The fourth-order valence-electron chi connectivity index (χ4n) is 2.61. The van der Waals surface area contributed by atoms with Crippen molar-refractivity contribution < 1.29 is 18.0 Å². The number of anilines is 1. The number of rotatable bonds is 7. The minimum absolute atomic E-state index is 0.0216. The summed E-state index contributed by atoms with van der Waals surface area (Å²) in [7, 11) is 1.61. The summed E-state index contributed by atoms with van der Waals surface area (Å²) in [5.41, 5.74) is 1.73. The first-order valence-electron chi connectivity index (χ1n) is 9.31. The van der Waals surface area contributed by atoms with E-state index in [9.17, 15) is 18.0 Å². The summed E-state index contributed by atoms with van der Waals surface area (Å²) in [6.07, 6.45) is -3.08. The molecular weight excluding hydrogens is 381 g/mol. The van der Waals surface area contributed by atoms with E-state index < -0.39 is 11.7 Å². The third kappa shape index (κ3) is 7.48. The molecule has 0 atom stereocenters. The Morgan fingerprint density at radius 1 is 1.00 bits per heavy atom. The van der Waals surface area contributed by atoms with Gasteiger partial charge in [-0.3, -0.25) is 9.79 Å². The first kappa shape index (κ1) is 22.3. The molecule has 0 saturated carbocycles. The Morgan fingerprint density at radius 2 is 1.66 bits per heavy atom. The number of alkyl halides is 3. The van der Waals surface area contributed by atoms with Gasteiger partial charge < -0.3 is 16.0 Å². The minimum atomic E-state index is -4.34. The SMILES string of the molecule is CCCC(=O)Nc1cccc(CNC(=NC)NCc2ccc(C(F)(F)F)cc2)c1. The zero-order valence-electron chi connectivity index (χ0n) is 16.4. The highest BCUT2D eigenvalue weighted by Crippen LogP contribution is 2.29. The molecule has 0 aliphatic carbocycles. The summed E-state index contributed by atoms with van der Waals surface area (Å²) in [6, 6.07) is 12.5. The number of benzene rings is 2. The van der Waals surface area contributed by atoms with Crippen molar-refractivity contribution in [3.8, 4) is 0 Å². The minimum Gasteiger partial charge on any atom is -0.352 e. The summed E-state index contributed by atoms with van der Waals surface area (Å²) < 4.78 is 37.9. The van der Waals surface area contributed by atoms with Gasteiger partial charge in [0.1, 0.15) is 0 Å². The van der Waals surface area contributed by atoms with Crippen LogP contribution in [-0.2, 0) is 24.1 Å². The maximum atomic E-state index is 12.6. The molecule has 0 saturated heterocycles. The molecule has 0 spiro atoms. The van der Waals surface area contributed by atoms with E-state index in [4.69, 9.17) is 0 Å². The van der Waals surface area contributed by atoms with Gasteiger partial charge in [-0.1, -0.05) is 31.2 Å². The van der Waals surface area contributed by atoms with E-state index in [0.717, 1.165) is 29.8 Å². The molecule has 8 heteroatoms. The number of amides is 1. The molecule has 29 heavy (non-hydrogen) atoms. The second kappa shape index (κ2) is 10.5. The van der Waals surface area contributed by atoms with Gasteiger partial charge in [0.05, 0.1) is 5.56 Å². The molecule has 0 radical (unpaired) electrons. The second-order valence-electron chi connectivity index (χ2n) is 6.47. The molecule has 5 nitrogen and oxygen atoms in total. The largest absolute Gasteiger partial charge is 0.416 e. The molecule has 0 unspecified atom stereocenters. The highest BCUT2D eigenvalue weighted by molar-refractivity contribution is 5.90. The Hall–Kier alpha value is -3.03. The van der Waals surface area contributed by atoms with Crippen LogP contribution >= 0.6 is 0 Å².